The minimum absolute atomic E-state index is 0.162. The SMILES string of the molecule is CCN(CC)C(=O)CCNC1CCN(C(C)=O)CC1. The van der Waals surface area contributed by atoms with Crippen molar-refractivity contribution >= 4 is 11.8 Å². The third kappa shape index (κ3) is 5.19. The van der Waals surface area contributed by atoms with Gasteiger partial charge < -0.3 is 15.1 Å². The Kier molecular flexibility index (Phi) is 6.84. The monoisotopic (exact) mass is 269 g/mol. The molecule has 0 aromatic rings. The van der Waals surface area contributed by atoms with Gasteiger partial charge in [-0.3, -0.25) is 9.59 Å². The predicted octanol–water partition coefficient (Wildman–Crippen LogP) is 0.845. The second-order valence-electron chi connectivity index (χ2n) is 5.05. The molecule has 2 amide bonds. The lowest BCUT2D eigenvalue weighted by Gasteiger charge is -2.32. The highest BCUT2D eigenvalue weighted by Crippen LogP contribution is 2.10. The van der Waals surface area contributed by atoms with Gasteiger partial charge in [0.2, 0.25) is 11.8 Å². The first-order valence-electron chi connectivity index (χ1n) is 7.35. The zero-order chi connectivity index (χ0) is 14.3. The van der Waals surface area contributed by atoms with Gasteiger partial charge in [0.15, 0.2) is 0 Å². The Morgan fingerprint density at radius 2 is 1.79 bits per heavy atom. The molecule has 1 saturated heterocycles. The van der Waals surface area contributed by atoms with Crippen LogP contribution >= 0.6 is 0 Å². The van der Waals surface area contributed by atoms with E-state index in [1.807, 2.05) is 23.6 Å². The Labute approximate surface area is 116 Å². The highest BCUT2D eigenvalue weighted by Gasteiger charge is 2.20. The molecule has 0 aliphatic carbocycles. The van der Waals surface area contributed by atoms with Crippen LogP contribution in [0.4, 0.5) is 0 Å². The molecular weight excluding hydrogens is 242 g/mol. The van der Waals surface area contributed by atoms with Crippen LogP contribution in [0.3, 0.4) is 0 Å². The van der Waals surface area contributed by atoms with Crippen molar-refractivity contribution in [2.75, 3.05) is 32.7 Å². The van der Waals surface area contributed by atoms with Gasteiger partial charge in [-0.25, -0.2) is 0 Å². The molecule has 0 atom stereocenters. The van der Waals surface area contributed by atoms with Crippen LogP contribution in [0.25, 0.3) is 0 Å². The summed E-state index contributed by atoms with van der Waals surface area (Å²) < 4.78 is 0. The van der Waals surface area contributed by atoms with E-state index in [0.717, 1.165) is 45.6 Å². The molecular formula is C14H27N3O2. The molecule has 0 spiro atoms. The van der Waals surface area contributed by atoms with E-state index in [1.165, 1.54) is 0 Å². The largest absolute Gasteiger partial charge is 0.343 e. The second kappa shape index (κ2) is 8.15. The standard InChI is InChI=1S/C14H27N3O2/c1-4-16(5-2)14(19)6-9-15-13-7-10-17(11-8-13)12(3)18/h13,15H,4-11H2,1-3H3. The van der Waals surface area contributed by atoms with Crippen LogP contribution < -0.4 is 5.32 Å². The average Bonchev–Trinajstić information content (AvgIpc) is 2.40. The fraction of sp³-hybridized carbons (Fsp3) is 0.857. The molecule has 1 aliphatic rings. The summed E-state index contributed by atoms with van der Waals surface area (Å²) in [5.41, 5.74) is 0. The van der Waals surface area contributed by atoms with Gasteiger partial charge in [0.05, 0.1) is 0 Å². The molecule has 19 heavy (non-hydrogen) atoms. The summed E-state index contributed by atoms with van der Waals surface area (Å²) in [4.78, 5) is 26.8. The summed E-state index contributed by atoms with van der Waals surface area (Å²) in [5.74, 6) is 0.383. The maximum absolute atomic E-state index is 11.8. The molecule has 1 N–H and O–H groups in total. The quantitative estimate of drug-likeness (QED) is 0.777. The molecule has 1 fully saturated rings. The predicted molar refractivity (Wildman–Crippen MR) is 75.8 cm³/mol. The number of nitrogens with one attached hydrogen (secondary N) is 1. The number of piperidine rings is 1. The molecule has 1 rings (SSSR count). The Hall–Kier alpha value is -1.10. The number of carbonyl (C=O) groups excluding carboxylic acids is 2. The molecule has 5 heteroatoms. The lowest BCUT2D eigenvalue weighted by atomic mass is 10.0. The number of carbonyl (C=O) groups is 2. The highest BCUT2D eigenvalue weighted by molar-refractivity contribution is 5.76. The van der Waals surface area contributed by atoms with E-state index in [2.05, 4.69) is 5.32 Å². The van der Waals surface area contributed by atoms with Crippen molar-refractivity contribution in [1.29, 1.82) is 0 Å². The summed E-state index contributed by atoms with van der Waals surface area (Å²) in [6.45, 7) is 9.60. The Balaban J connectivity index is 2.17. The number of amides is 2. The topological polar surface area (TPSA) is 52.7 Å². The van der Waals surface area contributed by atoms with Crippen molar-refractivity contribution in [3.63, 3.8) is 0 Å². The second-order valence-corrected chi connectivity index (χ2v) is 5.05. The van der Waals surface area contributed by atoms with E-state index in [9.17, 15) is 9.59 Å². The fourth-order valence-electron chi connectivity index (χ4n) is 2.52. The molecule has 0 bridgehead atoms. The first-order valence-corrected chi connectivity index (χ1v) is 7.35. The first-order chi connectivity index (χ1) is 9.08. The molecule has 0 saturated carbocycles. The number of hydrogen-bond donors (Lipinski definition) is 1. The van der Waals surface area contributed by atoms with Crippen molar-refractivity contribution in [3.8, 4) is 0 Å². The van der Waals surface area contributed by atoms with Gasteiger partial charge in [0.1, 0.15) is 0 Å². The van der Waals surface area contributed by atoms with Crippen LogP contribution in [0.5, 0.6) is 0 Å². The van der Waals surface area contributed by atoms with Gasteiger partial charge >= 0.3 is 0 Å². The first kappa shape index (κ1) is 16.0. The fourth-order valence-corrected chi connectivity index (χ4v) is 2.52. The minimum atomic E-state index is 0.162. The van der Waals surface area contributed by atoms with Crippen molar-refractivity contribution < 1.29 is 9.59 Å². The third-order valence-electron chi connectivity index (χ3n) is 3.83. The van der Waals surface area contributed by atoms with Gasteiger partial charge in [-0.1, -0.05) is 0 Å². The molecule has 0 aromatic carbocycles. The molecule has 0 aromatic heterocycles. The molecule has 5 nitrogen and oxygen atoms in total. The number of likely N-dealkylation sites (tertiary alicyclic amines) is 1. The number of hydrogen-bond acceptors (Lipinski definition) is 3. The van der Waals surface area contributed by atoms with Crippen LogP contribution in [-0.4, -0.2) is 60.4 Å². The molecule has 1 heterocycles. The minimum Gasteiger partial charge on any atom is -0.343 e. The molecule has 0 radical (unpaired) electrons. The smallest absolute Gasteiger partial charge is 0.223 e. The van der Waals surface area contributed by atoms with Crippen molar-refractivity contribution in [2.45, 2.75) is 46.1 Å². The Morgan fingerprint density at radius 3 is 2.26 bits per heavy atom. The van der Waals surface area contributed by atoms with Gasteiger partial charge in [0.25, 0.3) is 0 Å². The Morgan fingerprint density at radius 1 is 1.21 bits per heavy atom. The summed E-state index contributed by atoms with van der Waals surface area (Å²) in [7, 11) is 0. The lowest BCUT2D eigenvalue weighted by molar-refractivity contribution is -0.130. The van der Waals surface area contributed by atoms with Crippen molar-refractivity contribution in [3.05, 3.63) is 0 Å². The van der Waals surface area contributed by atoms with E-state index in [1.54, 1.807) is 6.92 Å². The van der Waals surface area contributed by atoms with Gasteiger partial charge in [-0.2, -0.15) is 0 Å². The van der Waals surface area contributed by atoms with Crippen LogP contribution in [0.2, 0.25) is 0 Å². The van der Waals surface area contributed by atoms with Gasteiger partial charge in [0, 0.05) is 52.1 Å². The van der Waals surface area contributed by atoms with E-state index in [0.29, 0.717) is 12.5 Å². The van der Waals surface area contributed by atoms with Gasteiger partial charge in [-0.05, 0) is 26.7 Å². The summed E-state index contributed by atoms with van der Waals surface area (Å²) >= 11 is 0. The van der Waals surface area contributed by atoms with Crippen LogP contribution in [0, 0.1) is 0 Å². The van der Waals surface area contributed by atoms with E-state index < -0.39 is 0 Å². The lowest BCUT2D eigenvalue weighted by Crippen LogP contribution is -2.45. The number of rotatable bonds is 6. The van der Waals surface area contributed by atoms with E-state index in [4.69, 9.17) is 0 Å². The summed E-state index contributed by atoms with van der Waals surface area (Å²) in [6.07, 6.45) is 2.53. The maximum atomic E-state index is 11.8. The maximum Gasteiger partial charge on any atom is 0.223 e. The summed E-state index contributed by atoms with van der Waals surface area (Å²) in [5, 5.41) is 3.43. The van der Waals surface area contributed by atoms with Crippen molar-refractivity contribution in [2.24, 2.45) is 0 Å². The van der Waals surface area contributed by atoms with Crippen LogP contribution in [0.15, 0.2) is 0 Å². The summed E-state index contributed by atoms with van der Waals surface area (Å²) in [6, 6.07) is 0.445. The Bertz CT molecular complexity index is 295. The molecule has 1 aliphatic heterocycles. The highest BCUT2D eigenvalue weighted by atomic mass is 16.2. The zero-order valence-electron chi connectivity index (χ0n) is 12.4. The average molecular weight is 269 g/mol. The van der Waals surface area contributed by atoms with E-state index in [-0.39, 0.29) is 11.8 Å². The number of nitrogens with zero attached hydrogens (tertiary/aromatic N) is 2. The molecule has 110 valence electrons. The van der Waals surface area contributed by atoms with Crippen LogP contribution in [-0.2, 0) is 9.59 Å². The molecule has 0 unspecified atom stereocenters. The normalized spacial score (nSPS) is 16.5. The van der Waals surface area contributed by atoms with E-state index >= 15 is 0 Å². The van der Waals surface area contributed by atoms with Crippen LogP contribution in [0.1, 0.15) is 40.0 Å². The van der Waals surface area contributed by atoms with Crippen molar-refractivity contribution in [1.82, 2.24) is 15.1 Å². The third-order valence-corrected chi connectivity index (χ3v) is 3.83. The van der Waals surface area contributed by atoms with Gasteiger partial charge in [-0.15, -0.1) is 0 Å². The zero-order valence-corrected chi connectivity index (χ0v) is 12.4.